The molecule has 23 heavy (non-hydrogen) atoms. The number of hydrogen-bond acceptors (Lipinski definition) is 3. The van der Waals surface area contributed by atoms with E-state index in [-0.39, 0.29) is 11.9 Å². The number of aliphatic carboxylic acids is 1. The van der Waals surface area contributed by atoms with Crippen molar-refractivity contribution >= 4 is 11.9 Å². The lowest BCUT2D eigenvalue weighted by atomic mass is 9.81. The van der Waals surface area contributed by atoms with Crippen LogP contribution in [0.25, 0.3) is 0 Å². The van der Waals surface area contributed by atoms with Gasteiger partial charge in [0, 0.05) is 0 Å². The third-order valence-corrected chi connectivity index (χ3v) is 5.17. The molecule has 2 bridgehead atoms. The van der Waals surface area contributed by atoms with E-state index in [0.717, 1.165) is 24.8 Å². The largest absolute Gasteiger partial charge is 0.481 e. The quantitative estimate of drug-likeness (QED) is 0.835. The lowest BCUT2D eigenvalue weighted by Crippen LogP contribution is -2.44. The van der Waals surface area contributed by atoms with E-state index >= 15 is 0 Å². The van der Waals surface area contributed by atoms with E-state index in [1.807, 2.05) is 24.3 Å². The first-order chi connectivity index (χ1) is 11.1. The van der Waals surface area contributed by atoms with Crippen molar-refractivity contribution in [1.82, 2.24) is 5.32 Å². The summed E-state index contributed by atoms with van der Waals surface area (Å²) in [5.74, 6) is -2.61. The Morgan fingerprint density at radius 1 is 1.13 bits per heavy atom. The van der Waals surface area contributed by atoms with E-state index in [1.54, 1.807) is 6.08 Å². The molecule has 0 spiro atoms. The summed E-state index contributed by atoms with van der Waals surface area (Å²) >= 11 is 0. The number of nitrogens with one attached hydrogen (secondary N) is 1. The first-order valence-electron chi connectivity index (χ1n) is 8.10. The fraction of sp³-hybridized carbons (Fsp3) is 0.444. The molecule has 2 N–H and O–H groups in total. The van der Waals surface area contributed by atoms with Crippen LogP contribution in [-0.4, -0.2) is 29.2 Å². The van der Waals surface area contributed by atoms with Gasteiger partial charge in [0.05, 0.1) is 24.2 Å². The van der Waals surface area contributed by atoms with Crippen molar-refractivity contribution in [2.24, 2.45) is 11.8 Å². The molecule has 0 saturated carbocycles. The fourth-order valence-electron chi connectivity index (χ4n) is 4.09. The Balaban J connectivity index is 1.55. The molecule has 5 atom stereocenters. The van der Waals surface area contributed by atoms with Crippen molar-refractivity contribution < 1.29 is 19.4 Å². The number of carboxylic acid groups (broad SMARTS) is 1. The van der Waals surface area contributed by atoms with Crippen LogP contribution >= 0.6 is 0 Å². The second kappa shape index (κ2) is 5.49. The van der Waals surface area contributed by atoms with Crippen LogP contribution in [0.5, 0.6) is 0 Å². The number of hydrogen-bond donors (Lipinski definition) is 2. The van der Waals surface area contributed by atoms with E-state index in [1.165, 1.54) is 5.56 Å². The summed E-state index contributed by atoms with van der Waals surface area (Å²) < 4.78 is 5.59. The summed E-state index contributed by atoms with van der Waals surface area (Å²) in [6.07, 6.45) is 5.61. The number of carboxylic acids is 1. The third kappa shape index (κ3) is 2.36. The Bertz CT molecular complexity index is 683. The van der Waals surface area contributed by atoms with Gasteiger partial charge in [-0.1, -0.05) is 36.4 Å². The van der Waals surface area contributed by atoms with Gasteiger partial charge >= 0.3 is 5.97 Å². The van der Waals surface area contributed by atoms with Crippen molar-refractivity contribution in [2.45, 2.75) is 37.5 Å². The molecule has 2 aliphatic heterocycles. The van der Waals surface area contributed by atoms with Gasteiger partial charge < -0.3 is 15.2 Å². The molecule has 5 heteroatoms. The SMILES string of the molecule is O=C(O)[C@@H]1[C@H](C(=O)N[C@H]2CCCc3ccccc32)[C@@H]2C=C[C@@H]1O2. The van der Waals surface area contributed by atoms with E-state index in [9.17, 15) is 14.7 Å². The molecule has 1 aliphatic carbocycles. The van der Waals surface area contributed by atoms with Crippen LogP contribution < -0.4 is 5.32 Å². The van der Waals surface area contributed by atoms with Gasteiger partial charge in [-0.15, -0.1) is 0 Å². The third-order valence-electron chi connectivity index (χ3n) is 5.17. The van der Waals surface area contributed by atoms with Crippen molar-refractivity contribution in [3.63, 3.8) is 0 Å². The summed E-state index contributed by atoms with van der Waals surface area (Å²) in [7, 11) is 0. The number of benzene rings is 1. The number of carbonyl (C=O) groups is 2. The number of carbonyl (C=O) groups excluding carboxylic acids is 1. The zero-order valence-corrected chi connectivity index (χ0v) is 12.6. The molecule has 0 radical (unpaired) electrons. The minimum Gasteiger partial charge on any atom is -0.481 e. The molecule has 1 fully saturated rings. The van der Waals surface area contributed by atoms with Gasteiger partial charge in [0.2, 0.25) is 5.91 Å². The molecule has 4 rings (SSSR count). The van der Waals surface area contributed by atoms with E-state index < -0.39 is 30.0 Å². The molecule has 120 valence electrons. The van der Waals surface area contributed by atoms with Crippen LogP contribution in [-0.2, 0) is 20.7 Å². The van der Waals surface area contributed by atoms with Gasteiger partial charge in [-0.25, -0.2) is 0 Å². The van der Waals surface area contributed by atoms with Crippen LogP contribution in [0, 0.1) is 11.8 Å². The molecule has 0 unspecified atom stereocenters. The zero-order valence-electron chi connectivity index (χ0n) is 12.6. The number of rotatable bonds is 3. The molecule has 1 aromatic carbocycles. The second-order valence-electron chi connectivity index (χ2n) is 6.49. The molecular weight excluding hydrogens is 294 g/mol. The van der Waals surface area contributed by atoms with E-state index in [0.29, 0.717) is 0 Å². The normalized spacial score (nSPS) is 34.2. The predicted molar refractivity (Wildman–Crippen MR) is 82.7 cm³/mol. The van der Waals surface area contributed by atoms with Gasteiger partial charge in [-0.3, -0.25) is 9.59 Å². The standard InChI is InChI=1S/C18H19NO4/c20-17(15-13-8-9-14(23-13)16(15)18(21)22)19-12-7-3-5-10-4-1-2-6-11(10)12/h1-2,4,6,8-9,12-16H,3,5,7H2,(H,19,20)(H,21,22)/t12-,13-,14-,15+,16-/m0/s1. The summed E-state index contributed by atoms with van der Waals surface area (Å²) in [6, 6.07) is 8.10. The van der Waals surface area contributed by atoms with Crippen LogP contribution in [0.3, 0.4) is 0 Å². The minimum atomic E-state index is -0.967. The lowest BCUT2D eigenvalue weighted by Gasteiger charge is -2.29. The summed E-state index contributed by atoms with van der Waals surface area (Å²) in [5, 5.41) is 12.5. The first kappa shape index (κ1) is 14.5. The van der Waals surface area contributed by atoms with E-state index in [2.05, 4.69) is 11.4 Å². The van der Waals surface area contributed by atoms with Gasteiger partial charge in [0.1, 0.15) is 5.92 Å². The first-order valence-corrected chi connectivity index (χ1v) is 8.10. The Morgan fingerprint density at radius 3 is 2.65 bits per heavy atom. The summed E-state index contributed by atoms with van der Waals surface area (Å²) in [4.78, 5) is 24.2. The maximum atomic E-state index is 12.7. The van der Waals surface area contributed by atoms with Crippen molar-refractivity contribution in [1.29, 1.82) is 0 Å². The van der Waals surface area contributed by atoms with Crippen LogP contribution in [0.1, 0.15) is 30.0 Å². The smallest absolute Gasteiger partial charge is 0.310 e. The average Bonchev–Trinajstić information content (AvgIpc) is 3.16. The number of ether oxygens (including phenoxy) is 1. The minimum absolute atomic E-state index is 0.0370. The molecule has 2 heterocycles. The molecule has 3 aliphatic rings. The maximum absolute atomic E-state index is 12.7. The molecule has 1 amide bonds. The van der Waals surface area contributed by atoms with Gasteiger partial charge in [0.25, 0.3) is 0 Å². The van der Waals surface area contributed by atoms with Crippen molar-refractivity contribution in [3.8, 4) is 0 Å². The highest BCUT2D eigenvalue weighted by Crippen LogP contribution is 2.40. The van der Waals surface area contributed by atoms with Crippen LogP contribution in [0.4, 0.5) is 0 Å². The fourth-order valence-corrected chi connectivity index (χ4v) is 4.09. The van der Waals surface area contributed by atoms with Crippen molar-refractivity contribution in [3.05, 3.63) is 47.5 Å². The molecule has 0 aromatic heterocycles. The summed E-state index contributed by atoms with van der Waals surface area (Å²) in [6.45, 7) is 0. The van der Waals surface area contributed by atoms with Crippen LogP contribution in [0.2, 0.25) is 0 Å². The Morgan fingerprint density at radius 2 is 1.87 bits per heavy atom. The summed E-state index contributed by atoms with van der Waals surface area (Å²) in [5.41, 5.74) is 2.42. The number of amides is 1. The van der Waals surface area contributed by atoms with Gasteiger partial charge in [-0.2, -0.15) is 0 Å². The Hall–Kier alpha value is -2.14. The Labute approximate surface area is 134 Å². The highest BCUT2D eigenvalue weighted by molar-refractivity contribution is 5.87. The number of aryl methyl sites for hydroxylation is 1. The molecule has 1 aromatic rings. The second-order valence-corrected chi connectivity index (χ2v) is 6.49. The maximum Gasteiger partial charge on any atom is 0.310 e. The number of fused-ring (bicyclic) bond motifs is 3. The lowest BCUT2D eigenvalue weighted by molar-refractivity contribution is -0.146. The van der Waals surface area contributed by atoms with E-state index in [4.69, 9.17) is 4.74 Å². The van der Waals surface area contributed by atoms with Crippen LogP contribution in [0.15, 0.2) is 36.4 Å². The predicted octanol–water partition coefficient (Wildman–Crippen LogP) is 1.83. The Kier molecular flexibility index (Phi) is 3.45. The zero-order chi connectivity index (χ0) is 16.0. The molecular formula is C18H19NO4. The average molecular weight is 313 g/mol. The molecule has 5 nitrogen and oxygen atoms in total. The molecule has 1 saturated heterocycles. The highest BCUT2D eigenvalue weighted by Gasteiger charge is 2.53. The topological polar surface area (TPSA) is 75.6 Å². The van der Waals surface area contributed by atoms with Gasteiger partial charge in [-0.05, 0) is 30.4 Å². The van der Waals surface area contributed by atoms with Crippen molar-refractivity contribution in [2.75, 3.05) is 0 Å². The monoisotopic (exact) mass is 313 g/mol. The van der Waals surface area contributed by atoms with Gasteiger partial charge in [0.15, 0.2) is 0 Å². The highest BCUT2D eigenvalue weighted by atomic mass is 16.5.